The van der Waals surface area contributed by atoms with Gasteiger partial charge in [-0.2, -0.15) is 5.10 Å². The molecule has 17 heavy (non-hydrogen) atoms. The molecule has 5 nitrogen and oxygen atoms in total. The highest BCUT2D eigenvalue weighted by Gasteiger charge is 2.29. The summed E-state index contributed by atoms with van der Waals surface area (Å²) in [5.74, 6) is -1.57. The highest BCUT2D eigenvalue weighted by molar-refractivity contribution is 6.40. The molecular weight excluding hydrogens is 227 g/mol. The minimum atomic E-state index is -1.21. The van der Waals surface area contributed by atoms with Crippen LogP contribution in [0.1, 0.15) is 12.0 Å². The zero-order valence-corrected chi connectivity index (χ0v) is 8.80. The summed E-state index contributed by atoms with van der Waals surface area (Å²) in [7, 11) is 0. The van der Waals surface area contributed by atoms with Crippen LogP contribution in [-0.4, -0.2) is 22.6 Å². The van der Waals surface area contributed by atoms with Gasteiger partial charge in [0.1, 0.15) is 0 Å². The monoisotopic (exact) mass is 236 g/mol. The number of halogens is 1. The van der Waals surface area contributed by atoms with E-state index in [1.54, 1.807) is 0 Å². The highest BCUT2D eigenvalue weighted by atomic mass is 19.3. The van der Waals surface area contributed by atoms with Crippen molar-refractivity contribution in [3.05, 3.63) is 35.9 Å². The molecule has 1 heterocycles. The molecule has 1 aliphatic heterocycles. The van der Waals surface area contributed by atoms with Crippen molar-refractivity contribution < 1.29 is 19.1 Å². The van der Waals surface area contributed by atoms with E-state index in [-0.39, 0.29) is 24.6 Å². The number of amides is 1. The fraction of sp³-hybridized carbons (Fsp3) is 0.182. The lowest BCUT2D eigenvalue weighted by molar-refractivity contribution is -0.174. The van der Waals surface area contributed by atoms with Crippen molar-refractivity contribution in [1.82, 2.24) is 5.01 Å². The lowest BCUT2D eigenvalue weighted by Gasteiger charge is -2.10. The minimum absolute atomic E-state index is 0.214. The first-order chi connectivity index (χ1) is 8.20. The van der Waals surface area contributed by atoms with Crippen molar-refractivity contribution in [2.45, 2.75) is 13.0 Å². The summed E-state index contributed by atoms with van der Waals surface area (Å²) in [4.78, 5) is 25.4. The maximum atomic E-state index is 11.7. The van der Waals surface area contributed by atoms with Crippen LogP contribution in [0.4, 0.5) is 4.53 Å². The Kier molecular flexibility index (Phi) is 3.13. The topological polar surface area (TPSA) is 59.0 Å². The van der Waals surface area contributed by atoms with Gasteiger partial charge in [-0.3, -0.25) is 4.79 Å². The first kappa shape index (κ1) is 11.3. The molecule has 1 aromatic rings. The van der Waals surface area contributed by atoms with Gasteiger partial charge in [0.15, 0.2) is 5.71 Å². The second-order valence-electron chi connectivity index (χ2n) is 3.53. The number of rotatable bonds is 3. The average molecular weight is 236 g/mol. The Morgan fingerprint density at radius 2 is 2.12 bits per heavy atom. The SMILES string of the molecule is O=C(OF)C1=NN(Cc2ccccc2)C(=O)C1. The standard InChI is InChI=1S/C11H9FN2O3/c12-17-11(16)9-6-10(15)14(13-9)7-8-4-2-1-3-5-8/h1-5H,6-7H2. The average Bonchev–Trinajstić information content (AvgIpc) is 2.71. The van der Waals surface area contributed by atoms with Gasteiger partial charge in [0.25, 0.3) is 0 Å². The lowest BCUT2D eigenvalue weighted by Crippen LogP contribution is -2.20. The summed E-state index contributed by atoms with van der Waals surface area (Å²) in [6, 6.07) is 9.17. The second-order valence-corrected chi connectivity index (χ2v) is 3.53. The molecule has 0 saturated carbocycles. The van der Waals surface area contributed by atoms with E-state index in [0.717, 1.165) is 10.6 Å². The fourth-order valence-corrected chi connectivity index (χ4v) is 1.51. The molecule has 0 radical (unpaired) electrons. The predicted octanol–water partition coefficient (Wildman–Crippen LogP) is 1.20. The van der Waals surface area contributed by atoms with Gasteiger partial charge in [-0.15, -0.1) is 0 Å². The van der Waals surface area contributed by atoms with Crippen LogP contribution in [-0.2, 0) is 21.1 Å². The molecule has 0 unspecified atom stereocenters. The van der Waals surface area contributed by atoms with Crippen molar-refractivity contribution in [1.29, 1.82) is 0 Å². The van der Waals surface area contributed by atoms with Crippen LogP contribution in [0.15, 0.2) is 35.4 Å². The largest absolute Gasteiger partial charge is 0.395 e. The number of hydrazone groups is 1. The van der Waals surface area contributed by atoms with Gasteiger partial charge in [0.05, 0.1) is 13.0 Å². The van der Waals surface area contributed by atoms with Gasteiger partial charge in [0.2, 0.25) is 5.91 Å². The van der Waals surface area contributed by atoms with Crippen molar-refractivity contribution in [3.63, 3.8) is 0 Å². The van der Waals surface area contributed by atoms with Crippen molar-refractivity contribution in [2.24, 2.45) is 5.10 Å². The van der Waals surface area contributed by atoms with E-state index in [9.17, 15) is 14.1 Å². The van der Waals surface area contributed by atoms with Crippen molar-refractivity contribution in [3.8, 4) is 0 Å². The van der Waals surface area contributed by atoms with Gasteiger partial charge < -0.3 is 0 Å². The molecule has 0 aromatic heterocycles. The Hall–Kier alpha value is -2.24. The van der Waals surface area contributed by atoms with E-state index in [2.05, 4.69) is 10.0 Å². The van der Waals surface area contributed by atoms with E-state index >= 15 is 0 Å². The lowest BCUT2D eigenvalue weighted by atomic mass is 10.2. The Labute approximate surface area is 96.4 Å². The molecule has 0 bridgehead atoms. The van der Waals surface area contributed by atoms with Crippen LogP contribution in [0.5, 0.6) is 0 Å². The zero-order valence-electron chi connectivity index (χ0n) is 8.80. The van der Waals surface area contributed by atoms with Crippen LogP contribution >= 0.6 is 0 Å². The third-order valence-electron chi connectivity index (χ3n) is 2.33. The van der Waals surface area contributed by atoms with Crippen LogP contribution < -0.4 is 0 Å². The van der Waals surface area contributed by atoms with E-state index in [0.29, 0.717) is 0 Å². The van der Waals surface area contributed by atoms with Gasteiger partial charge in [-0.25, -0.2) is 14.7 Å². The number of hydrogen-bond donors (Lipinski definition) is 0. The summed E-state index contributed by atoms with van der Waals surface area (Å²) >= 11 is 0. The quantitative estimate of drug-likeness (QED) is 0.792. The number of carbonyl (C=O) groups is 2. The predicted molar refractivity (Wildman–Crippen MR) is 56.2 cm³/mol. The maximum absolute atomic E-state index is 11.7. The molecule has 1 aromatic carbocycles. The van der Waals surface area contributed by atoms with E-state index in [4.69, 9.17) is 0 Å². The number of hydrogen-bond acceptors (Lipinski definition) is 4. The van der Waals surface area contributed by atoms with Gasteiger partial charge in [0, 0.05) is 4.53 Å². The normalized spacial score (nSPS) is 14.8. The van der Waals surface area contributed by atoms with Crippen LogP contribution in [0, 0.1) is 0 Å². The van der Waals surface area contributed by atoms with Crippen LogP contribution in [0.2, 0.25) is 0 Å². The molecule has 0 atom stereocenters. The summed E-state index contributed by atoms with van der Waals surface area (Å²) in [5, 5.41) is 4.85. The van der Waals surface area contributed by atoms with Crippen molar-refractivity contribution in [2.75, 3.05) is 0 Å². The number of nitrogens with zero attached hydrogens (tertiary/aromatic N) is 2. The van der Waals surface area contributed by atoms with Gasteiger partial charge in [-0.05, 0) is 5.56 Å². The van der Waals surface area contributed by atoms with E-state index in [1.807, 2.05) is 30.3 Å². The Morgan fingerprint density at radius 3 is 2.76 bits per heavy atom. The minimum Gasteiger partial charge on any atom is -0.272 e. The third kappa shape index (κ3) is 2.47. The Balaban J connectivity index is 2.10. The smallest absolute Gasteiger partial charge is 0.272 e. The summed E-state index contributed by atoms with van der Waals surface area (Å²) in [6.45, 7) is 0.253. The van der Waals surface area contributed by atoms with Gasteiger partial charge >= 0.3 is 5.97 Å². The second kappa shape index (κ2) is 4.73. The maximum Gasteiger partial charge on any atom is 0.395 e. The fourth-order valence-electron chi connectivity index (χ4n) is 1.51. The first-order valence-electron chi connectivity index (χ1n) is 4.95. The first-order valence-corrected chi connectivity index (χ1v) is 4.95. The molecule has 2 rings (SSSR count). The van der Waals surface area contributed by atoms with Gasteiger partial charge in [-0.1, -0.05) is 30.3 Å². The summed E-state index contributed by atoms with van der Waals surface area (Å²) in [6.07, 6.45) is -0.227. The third-order valence-corrected chi connectivity index (χ3v) is 2.33. The highest BCUT2D eigenvalue weighted by Crippen LogP contribution is 2.13. The molecule has 6 heteroatoms. The molecule has 1 amide bonds. The Morgan fingerprint density at radius 1 is 1.41 bits per heavy atom. The van der Waals surface area contributed by atoms with Crippen molar-refractivity contribution >= 4 is 17.6 Å². The molecule has 0 spiro atoms. The number of carbonyl (C=O) groups excluding carboxylic acids is 2. The number of benzene rings is 1. The molecule has 1 aliphatic rings. The summed E-state index contributed by atoms with van der Waals surface area (Å²) < 4.78 is 11.7. The van der Waals surface area contributed by atoms with Crippen LogP contribution in [0.25, 0.3) is 0 Å². The summed E-state index contributed by atoms with van der Waals surface area (Å²) in [5.41, 5.74) is 0.660. The van der Waals surface area contributed by atoms with Crippen LogP contribution in [0.3, 0.4) is 0 Å². The van der Waals surface area contributed by atoms with E-state index < -0.39 is 5.97 Å². The zero-order chi connectivity index (χ0) is 12.3. The molecule has 0 N–H and O–H groups in total. The molecule has 0 saturated heterocycles. The Bertz CT molecular complexity index is 473. The molecule has 0 fully saturated rings. The molecule has 88 valence electrons. The van der Waals surface area contributed by atoms with E-state index in [1.165, 1.54) is 0 Å². The molecule has 0 aliphatic carbocycles. The molecular formula is C11H9FN2O3.